The molecule has 0 aromatic heterocycles. The van der Waals surface area contributed by atoms with Gasteiger partial charge in [0.25, 0.3) is 0 Å². The number of rotatable bonds is 19. The number of carbonyl (C=O) groups is 1. The van der Waals surface area contributed by atoms with Crippen molar-refractivity contribution in [2.75, 3.05) is 33.0 Å². The first-order chi connectivity index (χ1) is 20.3. The number of alkyl halides is 19. The summed E-state index contributed by atoms with van der Waals surface area (Å²) in [5, 5.41) is 1.58. The fraction of sp³-hybridized carbons (Fsp3) is 0.950. The van der Waals surface area contributed by atoms with E-state index in [0.717, 1.165) is 0 Å². The van der Waals surface area contributed by atoms with Gasteiger partial charge in [-0.25, -0.2) is 4.79 Å². The van der Waals surface area contributed by atoms with Gasteiger partial charge in [-0.2, -0.15) is 83.4 Å². The Bertz CT molecular complexity index is 991. The van der Waals surface area contributed by atoms with Gasteiger partial charge in [0.15, 0.2) is 6.61 Å². The minimum atomic E-state index is -9.03. The second-order valence-electron chi connectivity index (χ2n) is 8.81. The molecule has 0 fully saturated rings. The van der Waals surface area contributed by atoms with E-state index in [0.29, 0.717) is 0 Å². The van der Waals surface area contributed by atoms with Crippen LogP contribution in [0, 0.1) is 0 Å². The lowest BCUT2D eigenvalue weighted by molar-refractivity contribution is -0.469. The molecule has 0 heterocycles. The van der Waals surface area contributed by atoms with Gasteiger partial charge < -0.3 is 23.3 Å². The van der Waals surface area contributed by atoms with Gasteiger partial charge in [-0.3, -0.25) is 0 Å². The number of hydrogen-bond acceptors (Lipinski definition) is 5. The maximum Gasteiger partial charge on any atom is 0.500 e. The zero-order valence-corrected chi connectivity index (χ0v) is 24.2. The van der Waals surface area contributed by atoms with E-state index in [1.807, 2.05) is 0 Å². The van der Waals surface area contributed by atoms with Crippen LogP contribution in [-0.2, 0) is 18.0 Å². The normalized spacial score (nSPS) is 15.3. The van der Waals surface area contributed by atoms with Gasteiger partial charge in [0, 0.05) is 32.4 Å². The Balaban J connectivity index is 5.99. The summed E-state index contributed by atoms with van der Waals surface area (Å²) in [6.45, 7) is 0.797. The smallest absolute Gasteiger partial charge is 0.443 e. The van der Waals surface area contributed by atoms with Gasteiger partial charge in [-0.05, 0) is 27.2 Å². The van der Waals surface area contributed by atoms with Crippen LogP contribution in [0.4, 0.5) is 88.2 Å². The Hall–Kier alpha value is -1.96. The summed E-state index contributed by atoms with van der Waals surface area (Å²) in [4.78, 5) is 11.5. The zero-order chi connectivity index (χ0) is 37.1. The number of ether oxygens (including phenoxy) is 1. The Labute approximate surface area is 247 Å². The summed E-state index contributed by atoms with van der Waals surface area (Å²) in [7, 11) is -3.37. The second kappa shape index (κ2) is 14.3. The van der Waals surface area contributed by atoms with Crippen molar-refractivity contribution >= 4 is 14.9 Å². The minimum Gasteiger partial charge on any atom is -0.443 e. The molecular formula is C20H24F19NO5Si. The molecule has 46 heavy (non-hydrogen) atoms. The molecule has 0 rings (SSSR count). The summed E-state index contributed by atoms with van der Waals surface area (Å²) in [6, 6.07) is -0.0921. The van der Waals surface area contributed by atoms with Crippen molar-refractivity contribution in [2.45, 2.75) is 86.8 Å². The largest absolute Gasteiger partial charge is 0.500 e. The summed E-state index contributed by atoms with van der Waals surface area (Å²) < 4.78 is 273. The Morgan fingerprint density at radius 2 is 0.870 bits per heavy atom. The average Bonchev–Trinajstić information content (AvgIpc) is 2.89. The predicted molar refractivity (Wildman–Crippen MR) is 115 cm³/mol. The number of carbonyl (C=O) groups excluding carboxylic acids is 1. The maximum atomic E-state index is 13.9. The van der Waals surface area contributed by atoms with Gasteiger partial charge in [-0.15, -0.1) is 0 Å². The van der Waals surface area contributed by atoms with E-state index in [2.05, 4.69) is 4.74 Å². The Kier molecular flexibility index (Phi) is 13.6. The molecule has 0 spiro atoms. The van der Waals surface area contributed by atoms with E-state index in [-0.39, 0.29) is 32.3 Å². The van der Waals surface area contributed by atoms with Crippen molar-refractivity contribution in [1.82, 2.24) is 5.32 Å². The fourth-order valence-corrected chi connectivity index (χ4v) is 5.80. The molecule has 26 heteroatoms. The Morgan fingerprint density at radius 1 is 0.543 bits per heavy atom. The van der Waals surface area contributed by atoms with E-state index in [9.17, 15) is 88.2 Å². The summed E-state index contributed by atoms with van der Waals surface area (Å²) >= 11 is 0. The first-order valence-corrected chi connectivity index (χ1v) is 14.1. The highest BCUT2D eigenvalue weighted by Crippen LogP contribution is 2.65. The van der Waals surface area contributed by atoms with Gasteiger partial charge in [0.2, 0.25) is 0 Å². The summed E-state index contributed by atoms with van der Waals surface area (Å²) in [5.74, 6) is -67.8. The number of amides is 1. The molecule has 0 aliphatic rings. The van der Waals surface area contributed by atoms with Crippen molar-refractivity contribution in [3.63, 3.8) is 0 Å². The SMILES string of the molecule is CCO[Si](CCCNC(=O)OCC(F)(F)C(F)(F)C(F)(F)C(F)(F)C(F)(F)C(F)(F)C(F)(F)C(F)(F)C(F)(F)F)(OCC)OCC. The number of hydrogen-bond donors (Lipinski definition) is 1. The van der Waals surface area contributed by atoms with Crippen LogP contribution in [-0.4, -0.2) is 101 Å². The first kappa shape index (κ1) is 44.0. The second-order valence-corrected chi connectivity index (χ2v) is 11.5. The molecule has 1 amide bonds. The van der Waals surface area contributed by atoms with Crippen LogP contribution in [0.25, 0.3) is 0 Å². The van der Waals surface area contributed by atoms with Crippen molar-refractivity contribution in [2.24, 2.45) is 0 Å². The number of nitrogens with one attached hydrogen (secondary N) is 1. The topological polar surface area (TPSA) is 66.0 Å². The molecule has 0 bridgehead atoms. The van der Waals surface area contributed by atoms with Gasteiger partial charge in [-0.1, -0.05) is 0 Å². The molecule has 6 nitrogen and oxygen atoms in total. The third-order valence-corrected chi connectivity index (χ3v) is 8.74. The van der Waals surface area contributed by atoms with E-state index in [4.69, 9.17) is 13.3 Å². The van der Waals surface area contributed by atoms with Gasteiger partial charge in [0.1, 0.15) is 0 Å². The van der Waals surface area contributed by atoms with Crippen molar-refractivity contribution < 1.29 is 106 Å². The fourth-order valence-electron chi connectivity index (χ4n) is 3.19. The van der Waals surface area contributed by atoms with Crippen LogP contribution in [0.1, 0.15) is 27.2 Å². The summed E-state index contributed by atoms with van der Waals surface area (Å²) in [5.41, 5.74) is 0. The molecular weight excluding hydrogens is 723 g/mol. The van der Waals surface area contributed by atoms with Crippen LogP contribution >= 0.6 is 0 Å². The van der Waals surface area contributed by atoms with Crippen molar-refractivity contribution in [3.05, 3.63) is 0 Å². The lowest BCUT2D eigenvalue weighted by Crippen LogP contribution is -2.76. The lowest BCUT2D eigenvalue weighted by atomic mass is 9.87. The van der Waals surface area contributed by atoms with E-state index in [1.165, 1.54) is 0 Å². The van der Waals surface area contributed by atoms with Crippen LogP contribution in [0.15, 0.2) is 0 Å². The van der Waals surface area contributed by atoms with Crippen LogP contribution < -0.4 is 5.32 Å². The monoisotopic (exact) mass is 747 g/mol. The van der Waals surface area contributed by atoms with Crippen LogP contribution in [0.2, 0.25) is 6.04 Å². The highest BCUT2D eigenvalue weighted by atomic mass is 28.4. The standard InChI is InChI=1S/C20H24F19NO5Si/c1-4-43-46(44-5-2,45-6-3)9-7-8-40-11(41)42-10-12(21,22)13(23,24)14(25,26)15(27,28)16(29,30)17(31,32)18(33,34)19(35,36)20(37,38)39/h4-10H2,1-3H3,(H,40,41). The molecule has 0 unspecified atom stereocenters. The minimum absolute atomic E-state index is 0.0701. The zero-order valence-electron chi connectivity index (χ0n) is 23.2. The molecule has 0 atom stereocenters. The van der Waals surface area contributed by atoms with Crippen LogP contribution in [0.5, 0.6) is 0 Å². The molecule has 0 radical (unpaired) electrons. The average molecular weight is 747 g/mol. The van der Waals surface area contributed by atoms with Crippen molar-refractivity contribution in [1.29, 1.82) is 0 Å². The van der Waals surface area contributed by atoms with Gasteiger partial charge >= 0.3 is 68.5 Å². The maximum absolute atomic E-state index is 13.9. The molecule has 0 aliphatic carbocycles. The number of alkyl carbamates (subject to hydrolysis) is 1. The van der Waals surface area contributed by atoms with Crippen LogP contribution in [0.3, 0.4) is 0 Å². The summed E-state index contributed by atoms with van der Waals surface area (Å²) in [6.07, 6.45) is -10.3. The third kappa shape index (κ3) is 7.68. The molecule has 0 aliphatic heterocycles. The number of halogens is 19. The molecule has 0 saturated heterocycles. The highest BCUT2D eigenvalue weighted by Gasteiger charge is 2.96. The molecule has 0 saturated carbocycles. The first-order valence-electron chi connectivity index (χ1n) is 12.2. The molecule has 1 N–H and O–H groups in total. The van der Waals surface area contributed by atoms with E-state index < -0.39 is 81.6 Å². The van der Waals surface area contributed by atoms with Crippen molar-refractivity contribution in [3.8, 4) is 0 Å². The third-order valence-electron chi connectivity index (χ3n) is 5.59. The quantitative estimate of drug-likeness (QED) is 0.0831. The predicted octanol–water partition coefficient (Wildman–Crippen LogP) is 7.80. The molecule has 0 aromatic carbocycles. The van der Waals surface area contributed by atoms with Gasteiger partial charge in [0.05, 0.1) is 0 Å². The lowest BCUT2D eigenvalue weighted by Gasteiger charge is -2.43. The van der Waals surface area contributed by atoms with E-state index >= 15 is 0 Å². The molecule has 0 aromatic rings. The van der Waals surface area contributed by atoms with E-state index in [1.54, 1.807) is 26.1 Å². The highest BCUT2D eigenvalue weighted by molar-refractivity contribution is 6.60. The Morgan fingerprint density at radius 3 is 1.20 bits per heavy atom. The molecule has 276 valence electrons.